The molecule has 0 rings (SSSR count). The average Bonchev–Trinajstić information content (AvgIpc) is 1.54. The summed E-state index contributed by atoms with van der Waals surface area (Å²) >= 11 is 0. The van der Waals surface area contributed by atoms with E-state index in [-0.39, 0.29) is 21.7 Å². The van der Waals surface area contributed by atoms with E-state index in [1.54, 1.807) is 0 Å². The first-order valence-electron chi connectivity index (χ1n) is 2.23. The third-order valence-electron chi connectivity index (χ3n) is 0. The van der Waals surface area contributed by atoms with Crippen molar-refractivity contribution in [1.29, 1.82) is 0 Å². The van der Waals surface area contributed by atoms with Gasteiger partial charge in [0.05, 0.1) is 0 Å². The van der Waals surface area contributed by atoms with Gasteiger partial charge in [0.25, 0.3) is 0 Å². The molecule has 0 saturated carbocycles. The fourth-order valence-electron chi connectivity index (χ4n) is 0. The fourth-order valence-corrected chi connectivity index (χ4v) is 0. The normalized spacial score (nSPS) is 6.23. The largest absolute Gasteiger partial charge is 4.00 e. The molecule has 72 valence electrons. The Balaban J connectivity index is -0.0000000450. The van der Waals surface area contributed by atoms with E-state index in [4.69, 9.17) is 45.2 Å². The summed E-state index contributed by atoms with van der Waals surface area (Å²) in [7, 11) is -7.50. The van der Waals surface area contributed by atoms with Gasteiger partial charge in [-0.05, 0) is 0 Å². The zero-order chi connectivity index (χ0) is 10.7. The molecule has 0 atom stereocenters. The van der Waals surface area contributed by atoms with Crippen LogP contribution in [0.25, 0.3) is 0 Å². The van der Waals surface area contributed by atoms with Crippen molar-refractivity contribution in [1.82, 2.24) is 0 Å². The van der Waals surface area contributed by atoms with E-state index >= 15 is 0 Å². The van der Waals surface area contributed by atoms with Crippen molar-refractivity contribution < 1.29 is 66.9 Å². The van der Waals surface area contributed by atoms with Crippen LogP contribution in [0.5, 0.6) is 0 Å². The predicted octanol–water partition coefficient (Wildman–Crippen LogP) is -8.69. The summed E-state index contributed by atoms with van der Waals surface area (Å²) < 4.78 is 0. The Labute approximate surface area is 89.3 Å². The molecule has 0 radical (unpaired) electrons. The van der Waals surface area contributed by atoms with E-state index in [0.717, 1.165) is 0 Å². The molecule has 0 unspecified atom stereocenters. The van der Waals surface area contributed by atoms with Gasteiger partial charge in [0.2, 0.25) is 0 Å². The minimum atomic E-state index is -2.92. The fraction of sp³-hybridized carbons (Fsp3) is 0. The second kappa shape index (κ2) is 18.4. The maximum atomic E-state index is 8.64. The van der Waals surface area contributed by atoms with Gasteiger partial charge in [-0.3, -0.25) is 7.32 Å². The van der Waals surface area contributed by atoms with Crippen molar-refractivity contribution >= 4 is 22.0 Å². The van der Waals surface area contributed by atoms with E-state index in [9.17, 15) is 0 Å². The summed E-state index contributed by atoms with van der Waals surface area (Å²) in [6, 6.07) is 0. The van der Waals surface area contributed by atoms with Crippen LogP contribution >= 0.6 is 0 Å². The third kappa shape index (κ3) is 4630. The van der Waals surface area contributed by atoms with Gasteiger partial charge in [0, 0.05) is 0 Å². The van der Waals surface area contributed by atoms with Crippen molar-refractivity contribution in [2.24, 2.45) is 0 Å². The summed E-state index contributed by atoms with van der Waals surface area (Å²) in [4.78, 5) is 0. The van der Waals surface area contributed by atoms with Gasteiger partial charge in [-0.2, -0.15) is 0 Å². The second-order valence-electron chi connectivity index (χ2n) is 0.961. The van der Waals surface area contributed by atoms with E-state index in [0.29, 0.717) is 0 Å². The maximum Gasteiger partial charge on any atom is 4.00 e. The van der Waals surface area contributed by atoms with Crippen LogP contribution in [0.4, 0.5) is 0 Å². The molecule has 0 aliphatic rings. The molecule has 0 aliphatic carbocycles. The summed E-state index contributed by atoms with van der Waals surface area (Å²) in [6.45, 7) is 0. The standard InChI is InChI=1S/BH3O3.BH2O3.BO3.Ti/c3*2-1(3)4;/h2-4H;2-3H;;/q;-1;-3;+4. The van der Waals surface area contributed by atoms with Gasteiger partial charge in [0.15, 0.2) is 0 Å². The minimum Gasteiger partial charge on any atom is -0.907 e. The Hall–Kier alpha value is 0.549. The molecular weight excluding hydrogens is 224 g/mol. The minimum absolute atomic E-state index is 0. The molecule has 5 N–H and O–H groups in total. The molecule has 0 spiro atoms. The topological polar surface area (TPSA) is 193 Å². The Morgan fingerprint density at radius 2 is 0.692 bits per heavy atom. The van der Waals surface area contributed by atoms with Crippen molar-refractivity contribution in [3.8, 4) is 0 Å². The number of hydrogen-bond donors (Lipinski definition) is 5. The second-order valence-corrected chi connectivity index (χ2v) is 0.961. The van der Waals surface area contributed by atoms with Gasteiger partial charge in [-0.1, -0.05) is 0 Å². The van der Waals surface area contributed by atoms with E-state index in [1.165, 1.54) is 0 Å². The molecule has 0 aromatic carbocycles. The smallest absolute Gasteiger partial charge is 0.907 e. The van der Waals surface area contributed by atoms with Crippen LogP contribution in [-0.2, 0) is 21.7 Å². The Morgan fingerprint density at radius 1 is 0.692 bits per heavy atom. The Kier molecular flexibility index (Phi) is 33.0. The van der Waals surface area contributed by atoms with Crippen LogP contribution in [-0.4, -0.2) is 47.1 Å². The quantitative estimate of drug-likeness (QED) is 0.251. The number of hydrogen-bond acceptors (Lipinski definition) is 9. The summed E-state index contributed by atoms with van der Waals surface area (Å²) in [5, 5.41) is 69.5. The number of rotatable bonds is 0. The van der Waals surface area contributed by atoms with Crippen LogP contribution in [0.15, 0.2) is 0 Å². The zero-order valence-corrected chi connectivity index (χ0v) is 7.66. The average molecular weight is 229 g/mol. The molecule has 0 aliphatic heterocycles. The zero-order valence-electron chi connectivity index (χ0n) is 6.10. The van der Waals surface area contributed by atoms with Crippen LogP contribution < -0.4 is 20.1 Å². The van der Waals surface area contributed by atoms with E-state index < -0.39 is 22.0 Å². The molecule has 0 amide bonds. The molecule has 0 saturated heterocycles. The molecule has 0 bridgehead atoms. The summed E-state index contributed by atoms with van der Waals surface area (Å²) in [6.07, 6.45) is 0. The predicted molar refractivity (Wildman–Crippen MR) is 28.4 cm³/mol. The third-order valence-corrected chi connectivity index (χ3v) is 0. The van der Waals surface area contributed by atoms with Crippen LogP contribution in [0, 0.1) is 0 Å². The van der Waals surface area contributed by atoms with Gasteiger partial charge in [0.1, 0.15) is 0 Å². The Bertz CT molecular complexity index is 43.4. The van der Waals surface area contributed by atoms with Gasteiger partial charge < -0.3 is 45.2 Å². The SMILES string of the molecule is OB(O)O.[O-]B(O)O.[O-]B([O-])[O-].[Ti+4]. The van der Waals surface area contributed by atoms with Crippen LogP contribution in [0.1, 0.15) is 0 Å². The Morgan fingerprint density at radius 3 is 0.692 bits per heavy atom. The van der Waals surface area contributed by atoms with Crippen molar-refractivity contribution in [3.63, 3.8) is 0 Å². The monoisotopic (exact) mass is 230 g/mol. The summed E-state index contributed by atoms with van der Waals surface area (Å²) in [5.41, 5.74) is 0. The first kappa shape index (κ1) is 23.4. The van der Waals surface area contributed by atoms with Crippen LogP contribution in [0.2, 0.25) is 0 Å². The molecule has 13 heavy (non-hydrogen) atoms. The maximum absolute atomic E-state index is 8.64. The summed E-state index contributed by atoms with van der Waals surface area (Å²) in [5.74, 6) is 0. The van der Waals surface area contributed by atoms with Gasteiger partial charge >= 0.3 is 36.4 Å². The van der Waals surface area contributed by atoms with E-state index in [2.05, 4.69) is 0 Å². The van der Waals surface area contributed by atoms with Crippen molar-refractivity contribution in [2.75, 3.05) is 0 Å². The first-order valence-corrected chi connectivity index (χ1v) is 2.23. The van der Waals surface area contributed by atoms with Gasteiger partial charge in [-0.25, -0.2) is 0 Å². The van der Waals surface area contributed by atoms with Crippen LogP contribution in [0.3, 0.4) is 0 Å². The van der Waals surface area contributed by atoms with E-state index in [1.807, 2.05) is 0 Å². The molecular formula is H5B3O9Ti. The first-order chi connectivity index (χ1) is 5.20. The molecule has 9 nitrogen and oxygen atoms in total. The molecule has 0 fully saturated rings. The molecule has 0 heterocycles. The van der Waals surface area contributed by atoms with Gasteiger partial charge in [-0.15, -0.1) is 0 Å². The van der Waals surface area contributed by atoms with Crippen molar-refractivity contribution in [2.45, 2.75) is 0 Å². The molecule has 13 heteroatoms. The van der Waals surface area contributed by atoms with Crippen molar-refractivity contribution in [3.05, 3.63) is 0 Å². The molecule has 0 aromatic heterocycles. The molecule has 0 aromatic rings.